The summed E-state index contributed by atoms with van der Waals surface area (Å²) in [4.78, 5) is 0. The Kier molecular flexibility index (Phi) is 4.87. The number of hydrogen-bond donors (Lipinski definition) is 2. The van der Waals surface area contributed by atoms with Crippen molar-refractivity contribution in [3.05, 3.63) is 0 Å². The van der Waals surface area contributed by atoms with Gasteiger partial charge in [-0.05, 0) is 49.6 Å². The fourth-order valence-electron chi connectivity index (χ4n) is 3.27. The summed E-state index contributed by atoms with van der Waals surface area (Å²) >= 11 is 0. The van der Waals surface area contributed by atoms with E-state index in [1.54, 1.807) is 0 Å². The number of nitrogens with two attached hydrogens (primary N) is 1. The molecule has 2 nitrogen and oxygen atoms in total. The van der Waals surface area contributed by atoms with Crippen molar-refractivity contribution in [3.8, 4) is 0 Å². The van der Waals surface area contributed by atoms with Crippen LogP contribution in [-0.2, 0) is 0 Å². The van der Waals surface area contributed by atoms with Crippen LogP contribution in [0.2, 0.25) is 0 Å². The summed E-state index contributed by atoms with van der Waals surface area (Å²) in [5.41, 5.74) is 6.45. The van der Waals surface area contributed by atoms with Gasteiger partial charge in [0.05, 0.1) is 0 Å². The van der Waals surface area contributed by atoms with Gasteiger partial charge in [0.25, 0.3) is 0 Å². The first-order chi connectivity index (χ1) is 8.24. The highest BCUT2D eigenvalue weighted by molar-refractivity contribution is 4.87. The van der Waals surface area contributed by atoms with Crippen molar-refractivity contribution in [3.63, 3.8) is 0 Å². The molecule has 100 valence electrons. The topological polar surface area (TPSA) is 38.0 Å². The zero-order chi connectivity index (χ0) is 12.1. The van der Waals surface area contributed by atoms with Crippen molar-refractivity contribution in [2.45, 2.75) is 58.3 Å². The maximum Gasteiger partial charge on any atom is 0.00199 e. The molecule has 0 radical (unpaired) electrons. The van der Waals surface area contributed by atoms with Gasteiger partial charge in [-0.25, -0.2) is 0 Å². The van der Waals surface area contributed by atoms with Crippen molar-refractivity contribution >= 4 is 0 Å². The lowest BCUT2D eigenvalue weighted by Crippen LogP contribution is -2.43. The van der Waals surface area contributed by atoms with Crippen molar-refractivity contribution in [2.24, 2.45) is 23.0 Å². The molecule has 2 fully saturated rings. The quantitative estimate of drug-likeness (QED) is 0.698. The van der Waals surface area contributed by atoms with E-state index in [0.29, 0.717) is 5.41 Å². The van der Waals surface area contributed by atoms with E-state index in [-0.39, 0.29) is 0 Å². The largest absolute Gasteiger partial charge is 0.330 e. The number of rotatable bonds is 6. The Morgan fingerprint density at radius 3 is 2.41 bits per heavy atom. The van der Waals surface area contributed by atoms with E-state index in [1.165, 1.54) is 57.9 Å². The Hall–Kier alpha value is -0.0800. The highest BCUT2D eigenvalue weighted by Gasteiger charge is 2.32. The summed E-state index contributed by atoms with van der Waals surface area (Å²) in [6.07, 6.45) is 11.2. The van der Waals surface area contributed by atoms with Crippen LogP contribution in [0.3, 0.4) is 0 Å². The summed E-state index contributed by atoms with van der Waals surface area (Å²) in [6.45, 7) is 5.62. The Morgan fingerprint density at radius 2 is 1.88 bits per heavy atom. The average Bonchev–Trinajstić information content (AvgIpc) is 2.29. The van der Waals surface area contributed by atoms with Gasteiger partial charge in [-0.3, -0.25) is 0 Å². The zero-order valence-electron chi connectivity index (χ0n) is 11.5. The Labute approximate surface area is 107 Å². The van der Waals surface area contributed by atoms with Crippen molar-refractivity contribution < 1.29 is 0 Å². The van der Waals surface area contributed by atoms with Crippen LogP contribution in [0.5, 0.6) is 0 Å². The molecule has 0 aromatic rings. The van der Waals surface area contributed by atoms with Crippen LogP contribution >= 0.6 is 0 Å². The third-order valence-corrected chi connectivity index (χ3v) is 5.22. The lowest BCUT2D eigenvalue weighted by atomic mass is 9.71. The molecule has 0 saturated heterocycles. The smallest absolute Gasteiger partial charge is 0.00199 e. The first kappa shape index (κ1) is 13.4. The van der Waals surface area contributed by atoms with Crippen LogP contribution in [0, 0.1) is 17.3 Å². The van der Waals surface area contributed by atoms with E-state index in [0.717, 1.165) is 24.9 Å². The summed E-state index contributed by atoms with van der Waals surface area (Å²) in [7, 11) is 0. The molecule has 0 atom stereocenters. The molecule has 2 aliphatic carbocycles. The van der Waals surface area contributed by atoms with E-state index in [2.05, 4.69) is 12.2 Å². The van der Waals surface area contributed by atoms with E-state index in [1.807, 2.05) is 0 Å². The maximum atomic E-state index is 6.02. The molecule has 0 unspecified atom stereocenters. The molecule has 2 aliphatic rings. The summed E-state index contributed by atoms with van der Waals surface area (Å²) in [5.74, 6) is 1.95. The molecule has 0 aromatic heterocycles. The Morgan fingerprint density at radius 1 is 1.18 bits per heavy atom. The van der Waals surface area contributed by atoms with Crippen molar-refractivity contribution in [1.82, 2.24) is 5.32 Å². The van der Waals surface area contributed by atoms with Gasteiger partial charge in [0.2, 0.25) is 0 Å². The molecular formula is C15H30N2. The van der Waals surface area contributed by atoms with Crippen molar-refractivity contribution in [2.75, 3.05) is 19.6 Å². The second-order valence-corrected chi connectivity index (χ2v) is 6.65. The van der Waals surface area contributed by atoms with Gasteiger partial charge in [0, 0.05) is 6.54 Å². The molecule has 2 saturated carbocycles. The molecule has 2 heteroatoms. The third kappa shape index (κ3) is 3.69. The van der Waals surface area contributed by atoms with Gasteiger partial charge in [-0.15, -0.1) is 0 Å². The van der Waals surface area contributed by atoms with Crippen LogP contribution < -0.4 is 11.1 Å². The third-order valence-electron chi connectivity index (χ3n) is 5.22. The SMILES string of the molecule is CC1CCC(CN)(CNCCC2CCC2)CC1. The van der Waals surface area contributed by atoms with Gasteiger partial charge in [0.1, 0.15) is 0 Å². The van der Waals surface area contributed by atoms with E-state index >= 15 is 0 Å². The predicted octanol–water partition coefficient (Wildman–Crippen LogP) is 2.92. The lowest BCUT2D eigenvalue weighted by molar-refractivity contribution is 0.157. The summed E-state index contributed by atoms with van der Waals surface area (Å²) in [6, 6.07) is 0. The molecule has 0 aromatic carbocycles. The molecule has 17 heavy (non-hydrogen) atoms. The van der Waals surface area contributed by atoms with Gasteiger partial charge >= 0.3 is 0 Å². The Balaban J connectivity index is 1.64. The fourth-order valence-corrected chi connectivity index (χ4v) is 3.27. The second kappa shape index (κ2) is 6.19. The highest BCUT2D eigenvalue weighted by atomic mass is 14.9. The average molecular weight is 238 g/mol. The highest BCUT2D eigenvalue weighted by Crippen LogP contribution is 2.37. The summed E-state index contributed by atoms with van der Waals surface area (Å²) < 4.78 is 0. The minimum atomic E-state index is 0.423. The van der Waals surface area contributed by atoms with Crippen LogP contribution in [0.4, 0.5) is 0 Å². The van der Waals surface area contributed by atoms with Gasteiger partial charge < -0.3 is 11.1 Å². The number of hydrogen-bond acceptors (Lipinski definition) is 2. The van der Waals surface area contributed by atoms with E-state index < -0.39 is 0 Å². The fraction of sp³-hybridized carbons (Fsp3) is 1.00. The van der Waals surface area contributed by atoms with Gasteiger partial charge in [-0.1, -0.05) is 39.0 Å². The molecule has 2 rings (SSSR count). The standard InChI is InChI=1S/C15H30N2/c1-13-5-8-15(11-16,9-6-13)12-17-10-7-14-3-2-4-14/h13-14,17H,2-12,16H2,1H3. The van der Waals surface area contributed by atoms with Crippen molar-refractivity contribution in [1.29, 1.82) is 0 Å². The molecule has 0 aliphatic heterocycles. The zero-order valence-corrected chi connectivity index (χ0v) is 11.5. The summed E-state index contributed by atoms with van der Waals surface area (Å²) in [5, 5.41) is 3.68. The first-order valence-corrected chi connectivity index (χ1v) is 7.65. The molecule has 0 spiro atoms. The second-order valence-electron chi connectivity index (χ2n) is 6.65. The molecule has 0 heterocycles. The first-order valence-electron chi connectivity index (χ1n) is 7.65. The van der Waals surface area contributed by atoms with Crippen LogP contribution in [0.15, 0.2) is 0 Å². The maximum absolute atomic E-state index is 6.02. The minimum absolute atomic E-state index is 0.423. The van der Waals surface area contributed by atoms with E-state index in [9.17, 15) is 0 Å². The van der Waals surface area contributed by atoms with Gasteiger partial charge in [0.15, 0.2) is 0 Å². The Bertz CT molecular complexity index is 215. The molecule has 0 amide bonds. The van der Waals surface area contributed by atoms with Crippen LogP contribution in [0.1, 0.15) is 58.3 Å². The monoisotopic (exact) mass is 238 g/mol. The van der Waals surface area contributed by atoms with E-state index in [4.69, 9.17) is 5.73 Å². The molecular weight excluding hydrogens is 208 g/mol. The van der Waals surface area contributed by atoms with Gasteiger partial charge in [-0.2, -0.15) is 0 Å². The molecule has 3 N–H and O–H groups in total. The molecule has 0 bridgehead atoms. The predicted molar refractivity (Wildman–Crippen MR) is 73.9 cm³/mol. The lowest BCUT2D eigenvalue weighted by Gasteiger charge is -2.39. The number of nitrogens with one attached hydrogen (secondary N) is 1. The van der Waals surface area contributed by atoms with Crippen LogP contribution in [-0.4, -0.2) is 19.6 Å². The van der Waals surface area contributed by atoms with Crippen LogP contribution in [0.25, 0.3) is 0 Å². The normalized spacial score (nSPS) is 34.6. The minimum Gasteiger partial charge on any atom is -0.330 e.